The first-order valence-electron chi connectivity index (χ1n) is 7.40. The molecule has 2 aromatic rings. The fourth-order valence-corrected chi connectivity index (χ4v) is 1.81. The van der Waals surface area contributed by atoms with Crippen molar-refractivity contribution in [3.63, 3.8) is 0 Å². The van der Waals surface area contributed by atoms with E-state index in [1.165, 1.54) is 0 Å². The summed E-state index contributed by atoms with van der Waals surface area (Å²) in [7, 11) is 0. The minimum absolute atomic E-state index is 0.177. The molecule has 0 aliphatic carbocycles. The van der Waals surface area contributed by atoms with E-state index in [1.54, 1.807) is 18.5 Å². The normalized spacial score (nSPS) is 10.5. The summed E-state index contributed by atoms with van der Waals surface area (Å²) in [5.74, 6) is 0.799. The van der Waals surface area contributed by atoms with Gasteiger partial charge in [0.15, 0.2) is 0 Å². The Morgan fingerprint density at radius 3 is 2.77 bits per heavy atom. The summed E-state index contributed by atoms with van der Waals surface area (Å²) in [6, 6.07) is 7.30. The number of hydrogen-bond acceptors (Lipinski definition) is 5. The van der Waals surface area contributed by atoms with E-state index < -0.39 is 0 Å². The number of carbonyl (C=O) groups is 1. The van der Waals surface area contributed by atoms with Crippen molar-refractivity contribution in [1.82, 2.24) is 20.3 Å². The first kappa shape index (κ1) is 15.9. The van der Waals surface area contributed by atoms with Gasteiger partial charge in [0.05, 0.1) is 12.2 Å². The van der Waals surface area contributed by atoms with Crippen LogP contribution in [0, 0.1) is 5.92 Å². The number of aromatic nitrogens is 3. The largest absolute Gasteiger partial charge is 0.351 e. The molecule has 6 heteroatoms. The molecule has 6 nitrogen and oxygen atoms in total. The molecule has 22 heavy (non-hydrogen) atoms. The number of hydrogen-bond donors (Lipinski definition) is 2. The smallest absolute Gasteiger partial charge is 0.270 e. The van der Waals surface area contributed by atoms with Gasteiger partial charge in [-0.3, -0.25) is 9.78 Å². The molecule has 0 fully saturated rings. The minimum atomic E-state index is -0.177. The van der Waals surface area contributed by atoms with Crippen LogP contribution in [0.2, 0.25) is 0 Å². The maximum absolute atomic E-state index is 12.0. The molecule has 0 unspecified atom stereocenters. The molecule has 0 aliphatic rings. The number of amides is 1. The molecule has 1 amide bonds. The lowest BCUT2D eigenvalue weighted by atomic mass is 10.1. The summed E-state index contributed by atoms with van der Waals surface area (Å²) in [6.07, 6.45) is 4.25. The third-order valence-corrected chi connectivity index (χ3v) is 3.05. The van der Waals surface area contributed by atoms with Crippen LogP contribution < -0.4 is 10.6 Å². The predicted octanol–water partition coefficient (Wildman–Crippen LogP) is 2.26. The van der Waals surface area contributed by atoms with Crippen LogP contribution in [-0.4, -0.2) is 27.4 Å². The zero-order valence-corrected chi connectivity index (χ0v) is 12.9. The van der Waals surface area contributed by atoms with Crippen LogP contribution in [-0.2, 0) is 6.54 Å². The summed E-state index contributed by atoms with van der Waals surface area (Å²) in [5.41, 5.74) is 1.25. The summed E-state index contributed by atoms with van der Waals surface area (Å²) < 4.78 is 0. The maximum atomic E-state index is 12.0. The molecule has 2 rings (SSSR count). The van der Waals surface area contributed by atoms with Crippen molar-refractivity contribution in [3.05, 3.63) is 48.0 Å². The van der Waals surface area contributed by atoms with Gasteiger partial charge >= 0.3 is 0 Å². The van der Waals surface area contributed by atoms with E-state index in [2.05, 4.69) is 39.4 Å². The Kier molecular flexibility index (Phi) is 5.82. The number of rotatable bonds is 7. The number of nitrogens with zero attached hydrogens (tertiary/aromatic N) is 3. The van der Waals surface area contributed by atoms with Crippen molar-refractivity contribution in [2.45, 2.75) is 26.8 Å². The van der Waals surface area contributed by atoms with Gasteiger partial charge in [0, 0.05) is 18.9 Å². The Hall–Kier alpha value is -2.50. The van der Waals surface area contributed by atoms with E-state index in [-0.39, 0.29) is 5.91 Å². The van der Waals surface area contributed by atoms with Gasteiger partial charge < -0.3 is 10.6 Å². The maximum Gasteiger partial charge on any atom is 0.270 e. The fourth-order valence-electron chi connectivity index (χ4n) is 1.81. The summed E-state index contributed by atoms with van der Waals surface area (Å²) in [6.45, 7) is 5.41. The molecule has 0 saturated heterocycles. The molecule has 0 spiro atoms. The first-order valence-corrected chi connectivity index (χ1v) is 7.40. The molecular formula is C16H21N5O. The second-order valence-electron chi connectivity index (χ2n) is 5.38. The van der Waals surface area contributed by atoms with Crippen LogP contribution in [0.5, 0.6) is 0 Å². The molecule has 2 aromatic heterocycles. The average molecular weight is 299 g/mol. The first-order chi connectivity index (χ1) is 10.6. The monoisotopic (exact) mass is 299 g/mol. The Balaban J connectivity index is 1.90. The van der Waals surface area contributed by atoms with E-state index in [4.69, 9.17) is 0 Å². The van der Waals surface area contributed by atoms with Gasteiger partial charge in [0.1, 0.15) is 5.69 Å². The molecule has 0 aromatic carbocycles. The summed E-state index contributed by atoms with van der Waals surface area (Å²) in [5, 5.41) is 5.93. The van der Waals surface area contributed by atoms with E-state index >= 15 is 0 Å². The highest BCUT2D eigenvalue weighted by Gasteiger charge is 2.08. The molecule has 0 atom stereocenters. The highest BCUT2D eigenvalue weighted by molar-refractivity contribution is 5.92. The van der Waals surface area contributed by atoms with Crippen LogP contribution in [0.25, 0.3) is 0 Å². The Morgan fingerprint density at radius 2 is 2.05 bits per heavy atom. The van der Waals surface area contributed by atoms with Crippen molar-refractivity contribution >= 4 is 11.9 Å². The second kappa shape index (κ2) is 8.07. The standard InChI is InChI=1S/C16H21N5O/c1-12(2)6-9-18-15(22)14-7-10-19-16(21-14)20-11-13-5-3-4-8-17-13/h3-5,7-8,10,12H,6,9,11H2,1-2H3,(H,18,22)(H,19,20,21). The zero-order valence-electron chi connectivity index (χ0n) is 12.9. The van der Waals surface area contributed by atoms with Crippen LogP contribution >= 0.6 is 0 Å². The van der Waals surface area contributed by atoms with Crippen LogP contribution in [0.1, 0.15) is 36.5 Å². The fraction of sp³-hybridized carbons (Fsp3) is 0.375. The lowest BCUT2D eigenvalue weighted by Crippen LogP contribution is -2.26. The number of carbonyl (C=O) groups excluding carboxylic acids is 1. The van der Waals surface area contributed by atoms with Gasteiger partial charge in [-0.1, -0.05) is 19.9 Å². The number of pyridine rings is 1. The summed E-state index contributed by atoms with van der Waals surface area (Å²) >= 11 is 0. The molecule has 2 heterocycles. The summed E-state index contributed by atoms with van der Waals surface area (Å²) in [4.78, 5) is 24.6. The van der Waals surface area contributed by atoms with Gasteiger partial charge in [-0.2, -0.15) is 0 Å². The van der Waals surface area contributed by atoms with E-state index in [0.29, 0.717) is 30.6 Å². The third kappa shape index (κ3) is 5.12. The van der Waals surface area contributed by atoms with E-state index in [0.717, 1.165) is 12.1 Å². The van der Waals surface area contributed by atoms with Crippen LogP contribution in [0.3, 0.4) is 0 Å². The number of nitrogens with one attached hydrogen (secondary N) is 2. The molecule has 0 bridgehead atoms. The Labute approximate surface area is 130 Å². The average Bonchev–Trinajstić information content (AvgIpc) is 2.54. The Morgan fingerprint density at radius 1 is 1.18 bits per heavy atom. The topological polar surface area (TPSA) is 79.8 Å². The quantitative estimate of drug-likeness (QED) is 0.819. The Bertz CT molecular complexity index is 600. The highest BCUT2D eigenvalue weighted by Crippen LogP contribution is 2.04. The molecule has 0 aliphatic heterocycles. The van der Waals surface area contributed by atoms with Crippen molar-refractivity contribution in [2.75, 3.05) is 11.9 Å². The van der Waals surface area contributed by atoms with Crippen LogP contribution in [0.4, 0.5) is 5.95 Å². The van der Waals surface area contributed by atoms with E-state index in [1.807, 2.05) is 18.2 Å². The van der Waals surface area contributed by atoms with Gasteiger partial charge in [0.2, 0.25) is 5.95 Å². The molecule has 0 saturated carbocycles. The zero-order chi connectivity index (χ0) is 15.8. The molecule has 0 radical (unpaired) electrons. The van der Waals surface area contributed by atoms with Gasteiger partial charge in [0.25, 0.3) is 5.91 Å². The molecular weight excluding hydrogens is 278 g/mol. The highest BCUT2D eigenvalue weighted by atomic mass is 16.1. The van der Waals surface area contributed by atoms with Gasteiger partial charge in [-0.25, -0.2) is 9.97 Å². The van der Waals surface area contributed by atoms with Crippen molar-refractivity contribution in [1.29, 1.82) is 0 Å². The lowest BCUT2D eigenvalue weighted by Gasteiger charge is -2.08. The van der Waals surface area contributed by atoms with Crippen molar-refractivity contribution < 1.29 is 4.79 Å². The van der Waals surface area contributed by atoms with Crippen LogP contribution in [0.15, 0.2) is 36.7 Å². The number of anilines is 1. The van der Waals surface area contributed by atoms with Gasteiger partial charge in [-0.15, -0.1) is 0 Å². The molecule has 2 N–H and O–H groups in total. The predicted molar refractivity (Wildman–Crippen MR) is 85.4 cm³/mol. The van der Waals surface area contributed by atoms with Gasteiger partial charge in [-0.05, 0) is 30.5 Å². The van der Waals surface area contributed by atoms with E-state index in [9.17, 15) is 4.79 Å². The lowest BCUT2D eigenvalue weighted by molar-refractivity contribution is 0.0947. The minimum Gasteiger partial charge on any atom is -0.351 e. The third-order valence-electron chi connectivity index (χ3n) is 3.05. The molecule has 116 valence electrons. The van der Waals surface area contributed by atoms with Crippen molar-refractivity contribution in [2.24, 2.45) is 5.92 Å². The SMILES string of the molecule is CC(C)CCNC(=O)c1ccnc(NCc2ccccn2)n1. The second-order valence-corrected chi connectivity index (χ2v) is 5.38. The van der Waals surface area contributed by atoms with Crippen molar-refractivity contribution in [3.8, 4) is 0 Å².